The SMILES string of the molecule is CC(C)N1CCC(N2C[C@@]34C=C[C@@H](O3)C(C(=O)O)C4C2=O)CC1. The van der Waals surface area contributed by atoms with Crippen LogP contribution in [0.1, 0.15) is 26.7 Å². The van der Waals surface area contributed by atoms with Crippen molar-refractivity contribution in [1.29, 1.82) is 0 Å². The molecule has 0 aromatic rings. The average Bonchev–Trinajstić information content (AvgIpc) is 3.15. The molecular weight excluding hydrogens is 296 g/mol. The summed E-state index contributed by atoms with van der Waals surface area (Å²) in [5.74, 6) is -2.21. The van der Waals surface area contributed by atoms with Crippen molar-refractivity contribution in [2.24, 2.45) is 11.8 Å². The van der Waals surface area contributed by atoms with Crippen LogP contribution in [0.15, 0.2) is 12.2 Å². The Labute approximate surface area is 136 Å². The van der Waals surface area contributed by atoms with Crippen LogP contribution in [0, 0.1) is 11.8 Å². The summed E-state index contributed by atoms with van der Waals surface area (Å²) >= 11 is 0. The van der Waals surface area contributed by atoms with Crippen LogP contribution in [-0.4, -0.2) is 70.2 Å². The Balaban J connectivity index is 1.52. The van der Waals surface area contributed by atoms with Gasteiger partial charge in [-0.15, -0.1) is 0 Å². The molecule has 4 atom stereocenters. The lowest BCUT2D eigenvalue weighted by molar-refractivity contribution is -0.148. The maximum Gasteiger partial charge on any atom is 0.310 e. The standard InChI is InChI=1S/C17H24N2O4/c1-10(2)18-7-4-11(5-8-18)19-9-17-6-3-12(23-17)13(16(21)22)14(17)15(19)20/h3,6,10-14H,4-5,7-9H2,1-2H3,(H,21,22)/t12-,13?,14?,17-/m1/s1. The van der Waals surface area contributed by atoms with Crippen molar-refractivity contribution in [1.82, 2.24) is 9.80 Å². The van der Waals surface area contributed by atoms with E-state index in [1.54, 1.807) is 0 Å². The summed E-state index contributed by atoms with van der Waals surface area (Å²) in [6.07, 6.45) is 5.23. The number of rotatable bonds is 3. The molecule has 2 unspecified atom stereocenters. The third kappa shape index (κ3) is 2.08. The van der Waals surface area contributed by atoms with Crippen molar-refractivity contribution in [3.63, 3.8) is 0 Å². The number of aliphatic carboxylic acids is 1. The predicted octanol–water partition coefficient (Wildman–Crippen LogP) is 0.726. The molecule has 6 nitrogen and oxygen atoms in total. The molecule has 0 radical (unpaired) electrons. The van der Waals surface area contributed by atoms with Crippen molar-refractivity contribution >= 4 is 11.9 Å². The second-order valence-electron chi connectivity index (χ2n) is 7.57. The zero-order valence-electron chi connectivity index (χ0n) is 13.6. The highest BCUT2D eigenvalue weighted by Crippen LogP contribution is 2.52. The molecule has 4 aliphatic heterocycles. The van der Waals surface area contributed by atoms with Crippen LogP contribution in [0.5, 0.6) is 0 Å². The summed E-state index contributed by atoms with van der Waals surface area (Å²) < 4.78 is 5.94. The van der Waals surface area contributed by atoms with Gasteiger partial charge in [-0.1, -0.05) is 12.2 Å². The summed E-state index contributed by atoms with van der Waals surface area (Å²) in [4.78, 5) is 28.9. The molecule has 1 amide bonds. The quantitative estimate of drug-likeness (QED) is 0.776. The fourth-order valence-electron chi connectivity index (χ4n) is 4.83. The molecule has 3 fully saturated rings. The fourth-order valence-corrected chi connectivity index (χ4v) is 4.83. The number of likely N-dealkylation sites (tertiary alicyclic amines) is 2. The summed E-state index contributed by atoms with van der Waals surface area (Å²) in [6, 6.07) is 0.740. The summed E-state index contributed by atoms with van der Waals surface area (Å²) in [6.45, 7) is 6.88. The van der Waals surface area contributed by atoms with Gasteiger partial charge in [0.25, 0.3) is 0 Å². The molecule has 0 saturated carbocycles. The summed E-state index contributed by atoms with van der Waals surface area (Å²) in [5.41, 5.74) is -0.694. The molecule has 0 aliphatic carbocycles. The van der Waals surface area contributed by atoms with Gasteiger partial charge >= 0.3 is 5.97 Å². The molecule has 2 bridgehead atoms. The number of fused-ring (bicyclic) bond motifs is 1. The molecule has 1 spiro atoms. The van der Waals surface area contributed by atoms with E-state index in [0.29, 0.717) is 12.6 Å². The van der Waals surface area contributed by atoms with Crippen molar-refractivity contribution < 1.29 is 19.4 Å². The number of carbonyl (C=O) groups is 2. The Hall–Kier alpha value is -1.40. The van der Waals surface area contributed by atoms with E-state index >= 15 is 0 Å². The van der Waals surface area contributed by atoms with Crippen LogP contribution in [0.3, 0.4) is 0 Å². The highest BCUT2D eigenvalue weighted by Gasteiger charge is 2.67. The Morgan fingerprint density at radius 2 is 2.09 bits per heavy atom. The number of carboxylic acids is 1. The van der Waals surface area contributed by atoms with Crippen LogP contribution < -0.4 is 0 Å². The molecule has 1 N–H and O–H groups in total. The fraction of sp³-hybridized carbons (Fsp3) is 0.765. The zero-order chi connectivity index (χ0) is 16.4. The number of piperidine rings is 1. The minimum Gasteiger partial charge on any atom is -0.481 e. The Morgan fingerprint density at radius 3 is 2.70 bits per heavy atom. The Kier molecular flexibility index (Phi) is 3.32. The number of nitrogens with zero attached hydrogens (tertiary/aromatic N) is 2. The van der Waals surface area contributed by atoms with Gasteiger partial charge in [0, 0.05) is 25.2 Å². The van der Waals surface area contributed by atoms with Crippen molar-refractivity contribution in [3.05, 3.63) is 12.2 Å². The van der Waals surface area contributed by atoms with Crippen LogP contribution >= 0.6 is 0 Å². The third-order valence-corrected chi connectivity index (χ3v) is 6.08. The number of hydrogen-bond donors (Lipinski definition) is 1. The predicted molar refractivity (Wildman–Crippen MR) is 82.8 cm³/mol. The molecule has 6 heteroatoms. The number of carboxylic acid groups (broad SMARTS) is 1. The first-order valence-corrected chi connectivity index (χ1v) is 8.57. The minimum atomic E-state index is -0.920. The van der Waals surface area contributed by atoms with Gasteiger partial charge in [-0.25, -0.2) is 0 Å². The molecule has 4 heterocycles. The lowest BCUT2D eigenvalue weighted by atomic mass is 9.77. The van der Waals surface area contributed by atoms with Crippen molar-refractivity contribution in [3.8, 4) is 0 Å². The van der Waals surface area contributed by atoms with Gasteiger partial charge in [0.2, 0.25) is 5.91 Å². The molecule has 23 heavy (non-hydrogen) atoms. The van der Waals surface area contributed by atoms with E-state index in [-0.39, 0.29) is 11.9 Å². The lowest BCUT2D eigenvalue weighted by Crippen LogP contribution is -2.48. The number of ether oxygens (including phenoxy) is 1. The normalized spacial score (nSPS) is 40.4. The van der Waals surface area contributed by atoms with E-state index in [1.165, 1.54) is 0 Å². The second-order valence-corrected chi connectivity index (χ2v) is 7.57. The molecular formula is C17H24N2O4. The van der Waals surface area contributed by atoms with Gasteiger partial charge in [0.15, 0.2) is 0 Å². The van der Waals surface area contributed by atoms with Crippen LogP contribution in [0.2, 0.25) is 0 Å². The van der Waals surface area contributed by atoms with Gasteiger partial charge in [0.1, 0.15) is 11.5 Å². The molecule has 3 saturated heterocycles. The maximum atomic E-state index is 12.9. The second kappa shape index (κ2) is 5.05. The first-order chi connectivity index (χ1) is 10.9. The van der Waals surface area contributed by atoms with Crippen LogP contribution in [0.25, 0.3) is 0 Å². The third-order valence-electron chi connectivity index (χ3n) is 6.08. The molecule has 4 aliphatic rings. The first-order valence-electron chi connectivity index (χ1n) is 8.57. The molecule has 0 aromatic carbocycles. The van der Waals surface area contributed by atoms with E-state index in [2.05, 4.69) is 18.7 Å². The summed E-state index contributed by atoms with van der Waals surface area (Å²) in [7, 11) is 0. The highest BCUT2D eigenvalue weighted by molar-refractivity contribution is 5.91. The van der Waals surface area contributed by atoms with E-state index < -0.39 is 29.5 Å². The molecule has 126 valence electrons. The van der Waals surface area contributed by atoms with E-state index in [1.807, 2.05) is 17.1 Å². The maximum absolute atomic E-state index is 12.9. The largest absolute Gasteiger partial charge is 0.481 e. The number of carbonyl (C=O) groups excluding carboxylic acids is 1. The molecule has 4 rings (SSSR count). The van der Waals surface area contributed by atoms with Gasteiger partial charge in [-0.05, 0) is 26.7 Å². The minimum absolute atomic E-state index is 0.0211. The molecule has 0 aromatic heterocycles. The smallest absolute Gasteiger partial charge is 0.310 e. The van der Waals surface area contributed by atoms with Crippen molar-refractivity contribution in [2.45, 2.75) is 50.5 Å². The highest BCUT2D eigenvalue weighted by atomic mass is 16.5. The zero-order valence-corrected chi connectivity index (χ0v) is 13.6. The van der Waals surface area contributed by atoms with Gasteiger partial charge in [0.05, 0.1) is 18.6 Å². The van der Waals surface area contributed by atoms with Gasteiger partial charge in [-0.3, -0.25) is 9.59 Å². The van der Waals surface area contributed by atoms with E-state index in [9.17, 15) is 14.7 Å². The number of hydrogen-bond acceptors (Lipinski definition) is 4. The Bertz CT molecular complexity index is 567. The van der Waals surface area contributed by atoms with Gasteiger partial charge < -0.3 is 19.6 Å². The lowest BCUT2D eigenvalue weighted by Gasteiger charge is -2.39. The Morgan fingerprint density at radius 1 is 1.39 bits per heavy atom. The van der Waals surface area contributed by atoms with E-state index in [0.717, 1.165) is 25.9 Å². The van der Waals surface area contributed by atoms with Gasteiger partial charge in [-0.2, -0.15) is 0 Å². The van der Waals surface area contributed by atoms with Crippen LogP contribution in [0.4, 0.5) is 0 Å². The number of amides is 1. The monoisotopic (exact) mass is 320 g/mol. The summed E-state index contributed by atoms with van der Waals surface area (Å²) in [5, 5.41) is 9.50. The average molecular weight is 320 g/mol. The van der Waals surface area contributed by atoms with Crippen molar-refractivity contribution in [2.75, 3.05) is 19.6 Å². The first kappa shape index (κ1) is 15.1. The van der Waals surface area contributed by atoms with E-state index in [4.69, 9.17) is 4.74 Å². The topological polar surface area (TPSA) is 70.1 Å². The van der Waals surface area contributed by atoms with Crippen LogP contribution in [-0.2, 0) is 14.3 Å².